The van der Waals surface area contributed by atoms with E-state index >= 15 is 0 Å². The molecule has 0 aliphatic carbocycles. The van der Waals surface area contributed by atoms with E-state index in [1.807, 2.05) is 0 Å². The van der Waals surface area contributed by atoms with Crippen LogP contribution in [0.1, 0.15) is 30.9 Å². The number of aromatic amines is 1. The minimum atomic E-state index is -0.184. The van der Waals surface area contributed by atoms with Gasteiger partial charge in [-0.25, -0.2) is 4.68 Å². The predicted molar refractivity (Wildman–Crippen MR) is 73.0 cm³/mol. The van der Waals surface area contributed by atoms with Crippen molar-refractivity contribution in [2.75, 3.05) is 5.75 Å². The Kier molecular flexibility index (Phi) is 5.05. The van der Waals surface area contributed by atoms with Crippen molar-refractivity contribution in [2.24, 2.45) is 5.92 Å². The number of nitrogens with one attached hydrogen (secondary N) is 1. The maximum atomic E-state index is 12.0. The Balaban J connectivity index is 3.07. The van der Waals surface area contributed by atoms with Crippen molar-refractivity contribution in [3.8, 4) is 0 Å². The molecule has 0 amide bonds. The first kappa shape index (κ1) is 14.1. The monoisotopic (exact) mass is 256 g/mol. The lowest BCUT2D eigenvalue weighted by Crippen LogP contribution is -2.35. The summed E-state index contributed by atoms with van der Waals surface area (Å²) in [6.45, 7) is 6.00. The van der Waals surface area contributed by atoms with Gasteiger partial charge in [-0.1, -0.05) is 13.3 Å². The van der Waals surface area contributed by atoms with Gasteiger partial charge in [0.2, 0.25) is 0 Å². The van der Waals surface area contributed by atoms with Crippen molar-refractivity contribution in [3.05, 3.63) is 31.8 Å². The van der Waals surface area contributed by atoms with E-state index in [1.54, 1.807) is 13.8 Å². The number of H-pyrrole nitrogens is 1. The Labute approximate surface area is 106 Å². The molecule has 0 bridgehead atoms. The summed E-state index contributed by atoms with van der Waals surface area (Å²) in [7, 11) is 0. The largest absolute Gasteiger partial charge is 0.268 e. The van der Waals surface area contributed by atoms with Gasteiger partial charge in [0.15, 0.2) is 0 Å². The molecule has 0 fully saturated rings. The molecule has 0 radical (unpaired) electrons. The normalized spacial score (nSPS) is 12.7. The van der Waals surface area contributed by atoms with Crippen molar-refractivity contribution < 1.29 is 0 Å². The molecule has 5 heteroatoms. The van der Waals surface area contributed by atoms with E-state index in [1.165, 1.54) is 4.68 Å². The lowest BCUT2D eigenvalue weighted by molar-refractivity contribution is 0.410. The molecule has 1 rings (SSSR count). The van der Waals surface area contributed by atoms with E-state index in [2.05, 4.69) is 24.7 Å². The zero-order valence-corrected chi connectivity index (χ0v) is 11.5. The Bertz CT molecular complexity index is 490. The zero-order chi connectivity index (χ0) is 13.0. The molecule has 17 heavy (non-hydrogen) atoms. The summed E-state index contributed by atoms with van der Waals surface area (Å²) in [5, 5.41) is 2.62. The molecule has 1 N–H and O–H groups in total. The summed E-state index contributed by atoms with van der Waals surface area (Å²) < 4.78 is 1.42. The summed E-state index contributed by atoms with van der Waals surface area (Å²) in [5.74, 6) is 1.04. The van der Waals surface area contributed by atoms with Crippen LogP contribution in [0.3, 0.4) is 0 Å². The maximum absolute atomic E-state index is 12.0. The van der Waals surface area contributed by atoms with E-state index in [0.717, 1.165) is 18.6 Å². The molecule has 1 unspecified atom stereocenters. The molecule has 1 aromatic rings. The van der Waals surface area contributed by atoms with Gasteiger partial charge in [-0.15, -0.1) is 0 Å². The van der Waals surface area contributed by atoms with Gasteiger partial charge < -0.3 is 0 Å². The fourth-order valence-electron chi connectivity index (χ4n) is 1.83. The van der Waals surface area contributed by atoms with Crippen molar-refractivity contribution in [3.63, 3.8) is 0 Å². The van der Waals surface area contributed by atoms with Crippen molar-refractivity contribution in [1.29, 1.82) is 0 Å². The van der Waals surface area contributed by atoms with Gasteiger partial charge in [0.1, 0.15) is 0 Å². The van der Waals surface area contributed by atoms with Crippen molar-refractivity contribution in [2.45, 2.75) is 40.2 Å². The second-order valence-electron chi connectivity index (χ2n) is 4.44. The average Bonchev–Trinajstić information content (AvgIpc) is 2.32. The van der Waals surface area contributed by atoms with Gasteiger partial charge >= 0.3 is 0 Å². The summed E-state index contributed by atoms with van der Waals surface area (Å²) in [6.07, 6.45) is 2.06. The molecule has 96 valence electrons. The van der Waals surface area contributed by atoms with Gasteiger partial charge in [0.25, 0.3) is 11.1 Å². The molecule has 0 aliphatic rings. The zero-order valence-electron chi connectivity index (χ0n) is 10.6. The smallest absolute Gasteiger partial charge is 0.268 e. The highest BCUT2D eigenvalue weighted by Gasteiger charge is 2.11. The Morgan fingerprint density at radius 2 is 1.94 bits per heavy atom. The Hall–Kier alpha value is -0.970. The second-order valence-corrected chi connectivity index (χ2v) is 4.81. The van der Waals surface area contributed by atoms with E-state index in [9.17, 15) is 9.59 Å². The number of rotatable bonds is 5. The lowest BCUT2D eigenvalue weighted by atomic mass is 10.1. The average molecular weight is 256 g/mol. The molecule has 1 atom stereocenters. The van der Waals surface area contributed by atoms with Gasteiger partial charge in [-0.05, 0) is 31.9 Å². The minimum absolute atomic E-state index is 0.106. The van der Waals surface area contributed by atoms with E-state index in [4.69, 9.17) is 0 Å². The van der Waals surface area contributed by atoms with Crippen LogP contribution in [0.5, 0.6) is 0 Å². The first-order valence-corrected chi connectivity index (χ1v) is 6.55. The third-order valence-corrected chi connectivity index (χ3v) is 3.62. The Morgan fingerprint density at radius 3 is 2.47 bits per heavy atom. The summed E-state index contributed by atoms with van der Waals surface area (Å²) in [5.41, 5.74) is 0.744. The molecule has 4 nitrogen and oxygen atoms in total. The predicted octanol–water partition coefficient (Wildman–Crippen LogP) is 1.50. The molecule has 0 spiro atoms. The van der Waals surface area contributed by atoms with Crippen LogP contribution >= 0.6 is 12.6 Å². The molecule has 0 saturated heterocycles. The molecule has 1 aromatic heterocycles. The van der Waals surface area contributed by atoms with Gasteiger partial charge in [0.05, 0.1) is 0 Å². The first-order chi connectivity index (χ1) is 8.01. The standard InChI is InChI=1S/C12H20N2O2S/c1-4-5-10(7-17)6-14-12(16)9(3)8(2)11(15)13-14/h10,17H,4-7H2,1-3H3,(H,13,15). The molecule has 0 aromatic carbocycles. The van der Waals surface area contributed by atoms with E-state index in [-0.39, 0.29) is 11.1 Å². The highest BCUT2D eigenvalue weighted by atomic mass is 32.1. The third-order valence-electron chi connectivity index (χ3n) is 3.10. The van der Waals surface area contributed by atoms with Crippen molar-refractivity contribution in [1.82, 2.24) is 9.78 Å². The topological polar surface area (TPSA) is 54.9 Å². The number of aromatic nitrogens is 2. The summed E-state index contributed by atoms with van der Waals surface area (Å²) >= 11 is 4.28. The van der Waals surface area contributed by atoms with Crippen LogP contribution in [0, 0.1) is 19.8 Å². The van der Waals surface area contributed by atoms with Crippen molar-refractivity contribution >= 4 is 12.6 Å². The fraction of sp³-hybridized carbons (Fsp3) is 0.667. The molecule has 0 aliphatic heterocycles. The highest BCUT2D eigenvalue weighted by Crippen LogP contribution is 2.09. The van der Waals surface area contributed by atoms with Crippen LogP contribution in [-0.2, 0) is 6.54 Å². The third kappa shape index (κ3) is 3.25. The van der Waals surface area contributed by atoms with E-state index < -0.39 is 0 Å². The Morgan fingerprint density at radius 1 is 1.29 bits per heavy atom. The lowest BCUT2D eigenvalue weighted by Gasteiger charge is -2.15. The van der Waals surface area contributed by atoms with Crippen LogP contribution in [0.15, 0.2) is 9.59 Å². The van der Waals surface area contributed by atoms with Crippen LogP contribution in [0.2, 0.25) is 0 Å². The number of hydrogen-bond acceptors (Lipinski definition) is 3. The molecular weight excluding hydrogens is 236 g/mol. The number of hydrogen-bond donors (Lipinski definition) is 2. The minimum Gasteiger partial charge on any atom is -0.268 e. The van der Waals surface area contributed by atoms with Crippen LogP contribution in [0.4, 0.5) is 0 Å². The first-order valence-electron chi connectivity index (χ1n) is 5.92. The van der Waals surface area contributed by atoms with Crippen LogP contribution in [0.25, 0.3) is 0 Å². The van der Waals surface area contributed by atoms with Gasteiger partial charge in [-0.3, -0.25) is 14.7 Å². The fourth-order valence-corrected chi connectivity index (χ4v) is 2.12. The van der Waals surface area contributed by atoms with Crippen LogP contribution < -0.4 is 11.1 Å². The number of nitrogens with zero attached hydrogens (tertiary/aromatic N) is 1. The quantitative estimate of drug-likeness (QED) is 0.784. The highest BCUT2D eigenvalue weighted by molar-refractivity contribution is 7.80. The number of thiol groups is 1. The summed E-state index contributed by atoms with van der Waals surface area (Å²) in [4.78, 5) is 23.6. The van der Waals surface area contributed by atoms with Crippen LogP contribution in [-0.4, -0.2) is 15.5 Å². The van der Waals surface area contributed by atoms with Gasteiger partial charge in [0, 0.05) is 17.7 Å². The molecule has 0 saturated carbocycles. The second kappa shape index (κ2) is 6.10. The maximum Gasteiger partial charge on any atom is 0.268 e. The van der Waals surface area contributed by atoms with E-state index in [0.29, 0.717) is 23.6 Å². The molecule has 1 heterocycles. The van der Waals surface area contributed by atoms with Gasteiger partial charge in [-0.2, -0.15) is 12.6 Å². The molecular formula is C12H20N2O2S. The SMILES string of the molecule is CCCC(CS)Cn1[nH]c(=O)c(C)c(C)c1=O. The summed E-state index contributed by atoms with van der Waals surface area (Å²) in [6, 6.07) is 0.